The Balaban J connectivity index is 3.06. The Morgan fingerprint density at radius 3 is 2.69 bits per heavy atom. The Kier molecular flexibility index (Phi) is 2.97. The zero-order valence-corrected chi connectivity index (χ0v) is 7.02. The van der Waals surface area contributed by atoms with Crippen LogP contribution in [0, 0.1) is 5.82 Å². The molecule has 0 aliphatic heterocycles. The third-order valence-electron chi connectivity index (χ3n) is 1.41. The van der Waals surface area contributed by atoms with Gasteiger partial charge in [0.05, 0.1) is 12.3 Å². The number of rotatable bonds is 3. The van der Waals surface area contributed by atoms with E-state index in [4.69, 9.17) is 4.74 Å². The highest BCUT2D eigenvalue weighted by Gasteiger charge is 2.07. The highest BCUT2D eigenvalue weighted by atomic mass is 19.1. The Hall–Kier alpha value is -1.43. The van der Waals surface area contributed by atoms with Crippen LogP contribution < -0.4 is 11.2 Å². The second-order valence-electron chi connectivity index (χ2n) is 2.34. The van der Waals surface area contributed by atoms with Crippen molar-refractivity contribution in [1.29, 1.82) is 0 Å². The van der Waals surface area contributed by atoms with Gasteiger partial charge in [-0.15, -0.1) is 0 Å². The Labute approximate surface area is 72.6 Å². The summed E-state index contributed by atoms with van der Waals surface area (Å²) >= 11 is 0. The standard InChI is InChI=1S/C7H9FN2O3/c1-2-13-3-4-5(8)6(11)10-7(12)9-4/h2-3H2,1H3,(H2,9,10,11,12). The molecule has 0 amide bonds. The van der Waals surface area contributed by atoms with Gasteiger partial charge >= 0.3 is 5.69 Å². The number of nitrogens with one attached hydrogen (secondary N) is 2. The smallest absolute Gasteiger partial charge is 0.326 e. The molecule has 0 radical (unpaired) electrons. The molecule has 0 unspecified atom stereocenters. The first-order valence-electron chi connectivity index (χ1n) is 3.74. The summed E-state index contributed by atoms with van der Waals surface area (Å²) in [6.07, 6.45) is 0. The second kappa shape index (κ2) is 3.99. The van der Waals surface area contributed by atoms with E-state index in [0.29, 0.717) is 6.61 Å². The van der Waals surface area contributed by atoms with Gasteiger partial charge in [0.15, 0.2) is 0 Å². The van der Waals surface area contributed by atoms with Gasteiger partial charge in [0.25, 0.3) is 5.56 Å². The third-order valence-corrected chi connectivity index (χ3v) is 1.41. The minimum atomic E-state index is -1.03. The van der Waals surface area contributed by atoms with E-state index in [9.17, 15) is 14.0 Å². The van der Waals surface area contributed by atoms with Crippen molar-refractivity contribution >= 4 is 0 Å². The molecule has 5 nitrogen and oxygen atoms in total. The zero-order chi connectivity index (χ0) is 9.84. The van der Waals surface area contributed by atoms with Crippen molar-refractivity contribution in [2.75, 3.05) is 6.61 Å². The predicted octanol–water partition coefficient (Wildman–Crippen LogP) is -0.261. The van der Waals surface area contributed by atoms with Crippen molar-refractivity contribution in [3.05, 3.63) is 32.3 Å². The lowest BCUT2D eigenvalue weighted by atomic mass is 10.4. The first kappa shape index (κ1) is 9.66. The fraction of sp³-hybridized carbons (Fsp3) is 0.429. The molecule has 1 aromatic heterocycles. The third kappa shape index (κ3) is 2.25. The summed E-state index contributed by atoms with van der Waals surface area (Å²) in [7, 11) is 0. The summed E-state index contributed by atoms with van der Waals surface area (Å²) in [4.78, 5) is 25.3. The van der Waals surface area contributed by atoms with Gasteiger partial charge in [-0.1, -0.05) is 0 Å². The van der Waals surface area contributed by atoms with Gasteiger partial charge in [0.2, 0.25) is 5.82 Å². The molecule has 0 aliphatic rings. The van der Waals surface area contributed by atoms with Crippen molar-refractivity contribution in [2.45, 2.75) is 13.5 Å². The number of aromatic nitrogens is 2. The van der Waals surface area contributed by atoms with Crippen LogP contribution in [0.5, 0.6) is 0 Å². The van der Waals surface area contributed by atoms with E-state index >= 15 is 0 Å². The molecule has 1 rings (SSSR count). The van der Waals surface area contributed by atoms with Gasteiger partial charge in [0.1, 0.15) is 0 Å². The number of halogens is 1. The lowest BCUT2D eigenvalue weighted by Gasteiger charge is -2.00. The monoisotopic (exact) mass is 188 g/mol. The largest absolute Gasteiger partial charge is 0.375 e. The van der Waals surface area contributed by atoms with Crippen LogP contribution in [0.25, 0.3) is 0 Å². The van der Waals surface area contributed by atoms with Crippen molar-refractivity contribution in [1.82, 2.24) is 9.97 Å². The van der Waals surface area contributed by atoms with E-state index in [1.807, 2.05) is 0 Å². The summed E-state index contributed by atoms with van der Waals surface area (Å²) in [5, 5.41) is 0. The average Bonchev–Trinajstić information content (AvgIpc) is 2.09. The van der Waals surface area contributed by atoms with Gasteiger partial charge in [-0.05, 0) is 6.92 Å². The van der Waals surface area contributed by atoms with E-state index in [1.165, 1.54) is 0 Å². The van der Waals surface area contributed by atoms with Crippen LogP contribution in [0.2, 0.25) is 0 Å². The summed E-state index contributed by atoms with van der Waals surface area (Å²) < 4.78 is 17.8. The molecule has 72 valence electrons. The molecule has 0 atom stereocenters. The van der Waals surface area contributed by atoms with E-state index in [1.54, 1.807) is 11.9 Å². The van der Waals surface area contributed by atoms with Crippen molar-refractivity contribution in [2.24, 2.45) is 0 Å². The molecule has 0 saturated heterocycles. The minimum absolute atomic E-state index is 0.110. The molecule has 0 bridgehead atoms. The van der Waals surface area contributed by atoms with E-state index < -0.39 is 17.1 Å². The van der Waals surface area contributed by atoms with Crippen molar-refractivity contribution < 1.29 is 9.13 Å². The van der Waals surface area contributed by atoms with Crippen LogP contribution in [-0.2, 0) is 11.3 Å². The van der Waals surface area contributed by atoms with Crippen molar-refractivity contribution in [3.8, 4) is 0 Å². The molecule has 0 aliphatic carbocycles. The first-order valence-corrected chi connectivity index (χ1v) is 3.74. The molecule has 0 aromatic carbocycles. The quantitative estimate of drug-likeness (QED) is 0.686. The SMILES string of the molecule is CCOCc1[nH]c(=O)[nH]c(=O)c1F. The van der Waals surface area contributed by atoms with Crippen LogP contribution >= 0.6 is 0 Å². The van der Waals surface area contributed by atoms with Crippen LogP contribution in [0.15, 0.2) is 9.59 Å². The van der Waals surface area contributed by atoms with Gasteiger partial charge in [-0.3, -0.25) is 9.78 Å². The second-order valence-corrected chi connectivity index (χ2v) is 2.34. The summed E-state index contributed by atoms with van der Waals surface area (Å²) in [6.45, 7) is 2.00. The molecular formula is C7H9FN2O3. The van der Waals surface area contributed by atoms with Crippen LogP contribution in [0.1, 0.15) is 12.6 Å². The topological polar surface area (TPSA) is 75.0 Å². The first-order chi connectivity index (χ1) is 6.15. The van der Waals surface area contributed by atoms with Crippen molar-refractivity contribution in [3.63, 3.8) is 0 Å². The van der Waals surface area contributed by atoms with E-state index in [0.717, 1.165) is 0 Å². The average molecular weight is 188 g/mol. The normalized spacial score (nSPS) is 10.3. The van der Waals surface area contributed by atoms with Gasteiger partial charge in [0, 0.05) is 6.61 Å². The fourth-order valence-electron chi connectivity index (χ4n) is 0.822. The molecule has 0 fully saturated rings. The maximum atomic E-state index is 12.9. The van der Waals surface area contributed by atoms with Gasteiger partial charge in [-0.25, -0.2) is 4.79 Å². The van der Waals surface area contributed by atoms with Crippen LogP contribution in [-0.4, -0.2) is 16.6 Å². The number of H-pyrrole nitrogens is 2. The zero-order valence-electron chi connectivity index (χ0n) is 7.02. The molecule has 13 heavy (non-hydrogen) atoms. The molecule has 0 spiro atoms. The Bertz CT molecular complexity index is 395. The molecule has 0 saturated carbocycles. The Morgan fingerprint density at radius 1 is 1.38 bits per heavy atom. The fourth-order valence-corrected chi connectivity index (χ4v) is 0.822. The lowest BCUT2D eigenvalue weighted by Crippen LogP contribution is -2.27. The number of hydrogen-bond donors (Lipinski definition) is 2. The summed E-state index contributed by atoms with van der Waals surface area (Å²) in [5.41, 5.74) is -1.89. The predicted molar refractivity (Wildman–Crippen MR) is 43.0 cm³/mol. The molecular weight excluding hydrogens is 179 g/mol. The number of aromatic amines is 2. The van der Waals surface area contributed by atoms with Crippen LogP contribution in [0.3, 0.4) is 0 Å². The lowest BCUT2D eigenvalue weighted by molar-refractivity contribution is 0.128. The molecule has 1 heterocycles. The van der Waals surface area contributed by atoms with E-state index in [-0.39, 0.29) is 12.3 Å². The van der Waals surface area contributed by atoms with E-state index in [2.05, 4.69) is 4.98 Å². The highest BCUT2D eigenvalue weighted by Crippen LogP contribution is 1.96. The Morgan fingerprint density at radius 2 is 2.08 bits per heavy atom. The summed E-state index contributed by atoms with van der Waals surface area (Å²) in [6, 6.07) is 0. The summed E-state index contributed by atoms with van der Waals surface area (Å²) in [5.74, 6) is -1.01. The molecule has 2 N–H and O–H groups in total. The maximum Gasteiger partial charge on any atom is 0.326 e. The number of hydrogen-bond acceptors (Lipinski definition) is 3. The van der Waals surface area contributed by atoms with Gasteiger partial charge < -0.3 is 9.72 Å². The number of ether oxygens (including phenoxy) is 1. The minimum Gasteiger partial charge on any atom is -0.375 e. The van der Waals surface area contributed by atoms with Crippen LogP contribution in [0.4, 0.5) is 4.39 Å². The van der Waals surface area contributed by atoms with Gasteiger partial charge in [-0.2, -0.15) is 4.39 Å². The highest BCUT2D eigenvalue weighted by molar-refractivity contribution is 5.00. The molecule has 1 aromatic rings. The molecule has 6 heteroatoms. The maximum absolute atomic E-state index is 12.9.